The summed E-state index contributed by atoms with van der Waals surface area (Å²) >= 11 is 0. The van der Waals surface area contributed by atoms with Crippen molar-refractivity contribution in [1.82, 2.24) is 14.2 Å². The van der Waals surface area contributed by atoms with Crippen LogP contribution in [0.2, 0.25) is 0 Å². The highest BCUT2D eigenvalue weighted by molar-refractivity contribution is 5.65. The van der Waals surface area contributed by atoms with Crippen LogP contribution in [0.15, 0.2) is 65.7 Å². The third-order valence-electron chi connectivity index (χ3n) is 4.90. The van der Waals surface area contributed by atoms with Crippen LogP contribution in [0.1, 0.15) is 22.8 Å². The molecule has 4 rings (SSSR count). The second-order valence-corrected chi connectivity index (χ2v) is 7.00. The van der Waals surface area contributed by atoms with Crippen molar-refractivity contribution in [2.75, 3.05) is 0 Å². The molecule has 0 saturated heterocycles. The van der Waals surface area contributed by atoms with Crippen LogP contribution < -0.4 is 5.56 Å². The first kappa shape index (κ1) is 18.1. The molecule has 1 atom stereocenters. The van der Waals surface area contributed by atoms with Crippen LogP contribution in [0.25, 0.3) is 16.8 Å². The van der Waals surface area contributed by atoms with Gasteiger partial charge in [-0.05, 0) is 55.3 Å². The number of hydrogen-bond acceptors (Lipinski definition) is 3. The van der Waals surface area contributed by atoms with Gasteiger partial charge in [-0.25, -0.2) is 8.91 Å². The van der Waals surface area contributed by atoms with E-state index in [9.17, 15) is 14.3 Å². The highest BCUT2D eigenvalue weighted by atomic mass is 19.1. The minimum atomic E-state index is -0.791. The highest BCUT2D eigenvalue weighted by Gasteiger charge is 2.14. The van der Waals surface area contributed by atoms with Crippen LogP contribution in [-0.4, -0.2) is 19.3 Å². The monoisotopic (exact) mass is 377 g/mol. The number of aromatic nitrogens is 3. The summed E-state index contributed by atoms with van der Waals surface area (Å²) in [4.78, 5) is 12.9. The van der Waals surface area contributed by atoms with Crippen molar-refractivity contribution in [3.63, 3.8) is 0 Å². The molecular weight excluding hydrogens is 357 g/mol. The van der Waals surface area contributed by atoms with E-state index in [1.807, 2.05) is 32.0 Å². The molecule has 142 valence electrons. The number of benzene rings is 2. The molecule has 0 spiro atoms. The second-order valence-electron chi connectivity index (χ2n) is 7.00. The van der Waals surface area contributed by atoms with Crippen molar-refractivity contribution in [3.8, 4) is 11.3 Å². The van der Waals surface area contributed by atoms with Crippen molar-refractivity contribution < 1.29 is 9.50 Å². The lowest BCUT2D eigenvalue weighted by molar-refractivity contribution is 0.154. The number of aliphatic hydroxyl groups excluding tert-OH is 1. The van der Waals surface area contributed by atoms with E-state index in [-0.39, 0.29) is 17.9 Å². The van der Waals surface area contributed by atoms with Gasteiger partial charge in [0.1, 0.15) is 11.3 Å². The summed E-state index contributed by atoms with van der Waals surface area (Å²) in [6.45, 7) is 4.10. The summed E-state index contributed by atoms with van der Waals surface area (Å²) in [6, 6.07) is 13.5. The minimum absolute atomic E-state index is 0.149. The molecule has 0 saturated carbocycles. The van der Waals surface area contributed by atoms with E-state index in [2.05, 4.69) is 5.10 Å². The zero-order valence-corrected chi connectivity index (χ0v) is 15.6. The van der Waals surface area contributed by atoms with E-state index in [4.69, 9.17) is 0 Å². The number of hydrogen-bond donors (Lipinski definition) is 1. The predicted octanol–water partition coefficient (Wildman–Crippen LogP) is 3.65. The maximum atomic E-state index is 13.1. The van der Waals surface area contributed by atoms with Gasteiger partial charge in [0.15, 0.2) is 0 Å². The lowest BCUT2D eigenvalue weighted by atomic mass is 10.0. The summed E-state index contributed by atoms with van der Waals surface area (Å²) in [6.07, 6.45) is 2.50. The zero-order chi connectivity index (χ0) is 19.8. The van der Waals surface area contributed by atoms with Gasteiger partial charge in [0.2, 0.25) is 0 Å². The van der Waals surface area contributed by atoms with Crippen LogP contribution >= 0.6 is 0 Å². The van der Waals surface area contributed by atoms with E-state index in [0.717, 1.165) is 22.3 Å². The van der Waals surface area contributed by atoms with Gasteiger partial charge in [0, 0.05) is 18.0 Å². The van der Waals surface area contributed by atoms with Gasteiger partial charge in [0.05, 0.1) is 18.3 Å². The SMILES string of the molecule is Cc1ccc([C@H](O)Cn2ccn3nc(-c4ccc(F)cc4)cc3c2=O)c(C)c1. The number of aryl methyl sites for hydroxylation is 2. The number of fused-ring (bicyclic) bond motifs is 1. The lowest BCUT2D eigenvalue weighted by Crippen LogP contribution is -2.24. The van der Waals surface area contributed by atoms with E-state index in [1.165, 1.54) is 21.2 Å². The Hall–Kier alpha value is -3.25. The van der Waals surface area contributed by atoms with Crippen LogP contribution in [0.4, 0.5) is 4.39 Å². The fourth-order valence-corrected chi connectivity index (χ4v) is 3.42. The first-order valence-electron chi connectivity index (χ1n) is 9.02. The van der Waals surface area contributed by atoms with Crippen molar-refractivity contribution in [2.45, 2.75) is 26.5 Å². The molecule has 0 amide bonds. The van der Waals surface area contributed by atoms with Crippen molar-refractivity contribution >= 4 is 5.52 Å². The maximum absolute atomic E-state index is 13.1. The third kappa shape index (κ3) is 3.34. The number of aliphatic hydroxyl groups is 1. The minimum Gasteiger partial charge on any atom is -0.387 e. The van der Waals surface area contributed by atoms with Crippen LogP contribution in [-0.2, 0) is 6.54 Å². The Morgan fingerprint density at radius 3 is 2.54 bits per heavy atom. The first-order chi connectivity index (χ1) is 13.4. The van der Waals surface area contributed by atoms with E-state index < -0.39 is 6.10 Å². The molecule has 0 fully saturated rings. The topological polar surface area (TPSA) is 59.5 Å². The standard InChI is InChI=1S/C22H20FN3O2/c1-14-3-8-18(15(2)11-14)21(27)13-25-9-10-26-20(22(25)28)12-19(24-26)16-4-6-17(23)7-5-16/h3-12,21,27H,13H2,1-2H3/t21-/m1/s1. The van der Waals surface area contributed by atoms with E-state index >= 15 is 0 Å². The summed E-state index contributed by atoms with van der Waals surface area (Å²) in [5.41, 5.74) is 4.39. The van der Waals surface area contributed by atoms with Crippen LogP contribution in [0.5, 0.6) is 0 Å². The Labute approximate surface area is 161 Å². The molecule has 0 unspecified atom stereocenters. The van der Waals surface area contributed by atoms with Crippen molar-refractivity contribution in [1.29, 1.82) is 0 Å². The largest absolute Gasteiger partial charge is 0.387 e. The normalized spacial score (nSPS) is 12.4. The lowest BCUT2D eigenvalue weighted by Gasteiger charge is -2.16. The molecule has 2 heterocycles. The van der Waals surface area contributed by atoms with Gasteiger partial charge in [-0.15, -0.1) is 0 Å². The van der Waals surface area contributed by atoms with Gasteiger partial charge >= 0.3 is 0 Å². The van der Waals surface area contributed by atoms with Gasteiger partial charge < -0.3 is 9.67 Å². The van der Waals surface area contributed by atoms with Crippen molar-refractivity contribution in [2.24, 2.45) is 0 Å². The summed E-state index contributed by atoms with van der Waals surface area (Å²) < 4.78 is 16.1. The molecule has 4 aromatic rings. The second kappa shape index (κ2) is 7.05. The Bertz CT molecular complexity index is 1210. The first-order valence-corrected chi connectivity index (χ1v) is 9.02. The molecule has 2 aromatic heterocycles. The van der Waals surface area contributed by atoms with Gasteiger partial charge in [0.25, 0.3) is 5.56 Å². The summed E-state index contributed by atoms with van der Waals surface area (Å²) in [7, 11) is 0. The Balaban J connectivity index is 1.68. The fraction of sp³-hybridized carbons (Fsp3) is 0.182. The summed E-state index contributed by atoms with van der Waals surface area (Å²) in [5.74, 6) is -0.324. The summed E-state index contributed by atoms with van der Waals surface area (Å²) in [5, 5.41) is 15.0. The molecule has 0 radical (unpaired) electrons. The highest BCUT2D eigenvalue weighted by Crippen LogP contribution is 2.21. The van der Waals surface area contributed by atoms with Crippen LogP contribution in [0.3, 0.4) is 0 Å². The third-order valence-corrected chi connectivity index (χ3v) is 4.90. The Kier molecular flexibility index (Phi) is 4.57. The maximum Gasteiger partial charge on any atom is 0.276 e. The molecule has 6 heteroatoms. The number of nitrogens with zero attached hydrogens (tertiary/aromatic N) is 3. The number of halogens is 1. The zero-order valence-electron chi connectivity index (χ0n) is 15.6. The van der Waals surface area contributed by atoms with Gasteiger partial charge in [-0.1, -0.05) is 23.8 Å². The molecule has 5 nitrogen and oxygen atoms in total. The van der Waals surface area contributed by atoms with E-state index in [0.29, 0.717) is 11.2 Å². The quantitative estimate of drug-likeness (QED) is 0.591. The molecule has 2 aromatic carbocycles. The van der Waals surface area contributed by atoms with Gasteiger partial charge in [-0.2, -0.15) is 5.10 Å². The van der Waals surface area contributed by atoms with Crippen LogP contribution in [0, 0.1) is 19.7 Å². The molecule has 0 aliphatic carbocycles. The van der Waals surface area contributed by atoms with E-state index in [1.54, 1.807) is 30.6 Å². The van der Waals surface area contributed by atoms with Gasteiger partial charge in [-0.3, -0.25) is 4.79 Å². The molecule has 28 heavy (non-hydrogen) atoms. The Morgan fingerprint density at radius 1 is 1.07 bits per heavy atom. The Morgan fingerprint density at radius 2 is 1.82 bits per heavy atom. The average molecular weight is 377 g/mol. The number of rotatable bonds is 4. The molecular formula is C22H20FN3O2. The predicted molar refractivity (Wildman–Crippen MR) is 106 cm³/mol. The molecule has 0 aliphatic heterocycles. The average Bonchev–Trinajstić information content (AvgIpc) is 3.09. The van der Waals surface area contributed by atoms with Crippen molar-refractivity contribution in [3.05, 3.63) is 93.8 Å². The fourth-order valence-electron chi connectivity index (χ4n) is 3.42. The molecule has 1 N–H and O–H groups in total. The smallest absolute Gasteiger partial charge is 0.276 e. The molecule has 0 bridgehead atoms. The molecule has 0 aliphatic rings.